The van der Waals surface area contributed by atoms with Crippen molar-refractivity contribution in [3.63, 3.8) is 0 Å². The van der Waals surface area contributed by atoms with Crippen LogP contribution >= 0.6 is 11.3 Å². The average molecular weight is 778 g/mol. The van der Waals surface area contributed by atoms with E-state index in [2.05, 4.69) is 217 Å². The van der Waals surface area contributed by atoms with Gasteiger partial charge in [0, 0.05) is 47.3 Å². The van der Waals surface area contributed by atoms with E-state index in [1.807, 2.05) is 11.3 Å². The summed E-state index contributed by atoms with van der Waals surface area (Å²) in [6.45, 7) is 0. The van der Waals surface area contributed by atoms with E-state index in [4.69, 9.17) is 0 Å². The van der Waals surface area contributed by atoms with Crippen molar-refractivity contribution in [3.05, 3.63) is 212 Å². The third-order valence-electron chi connectivity index (χ3n) is 12.8. The van der Waals surface area contributed by atoms with Crippen molar-refractivity contribution in [3.8, 4) is 39.1 Å². The molecule has 0 bridgehead atoms. The molecule has 0 aliphatic rings. The first-order valence-electron chi connectivity index (χ1n) is 20.7. The lowest BCUT2D eigenvalue weighted by molar-refractivity contribution is 1.21. The first-order chi connectivity index (χ1) is 29.8. The van der Waals surface area contributed by atoms with E-state index in [0.717, 1.165) is 0 Å². The Bertz CT molecular complexity index is 3720. The molecule has 1 nitrogen and oxygen atoms in total. The van der Waals surface area contributed by atoms with Gasteiger partial charge in [0.25, 0.3) is 0 Å². The van der Waals surface area contributed by atoms with Crippen molar-refractivity contribution in [2.75, 3.05) is 0 Å². The summed E-state index contributed by atoms with van der Waals surface area (Å²) in [4.78, 5) is 0. The summed E-state index contributed by atoms with van der Waals surface area (Å²) in [7, 11) is 0. The van der Waals surface area contributed by atoms with Crippen LogP contribution in [0.4, 0.5) is 0 Å². The Balaban J connectivity index is 1.07. The second kappa shape index (κ2) is 13.0. The molecule has 2 heteroatoms. The summed E-state index contributed by atoms with van der Waals surface area (Å²) in [6.07, 6.45) is 0. The van der Waals surface area contributed by atoms with Gasteiger partial charge in [-0.15, -0.1) is 11.3 Å². The van der Waals surface area contributed by atoms with Crippen LogP contribution in [0.25, 0.3) is 124 Å². The summed E-state index contributed by atoms with van der Waals surface area (Å²) >= 11 is 1.92. The van der Waals surface area contributed by atoms with Crippen LogP contribution in [0.15, 0.2) is 212 Å². The second-order valence-corrected chi connectivity index (χ2v) is 16.9. The molecule has 60 heavy (non-hydrogen) atoms. The van der Waals surface area contributed by atoms with Crippen LogP contribution in [0, 0.1) is 0 Å². The van der Waals surface area contributed by atoms with Crippen molar-refractivity contribution >= 4 is 96.4 Å². The van der Waals surface area contributed by atoms with Crippen LogP contribution in [-0.4, -0.2) is 4.57 Å². The maximum absolute atomic E-state index is 2.50. The van der Waals surface area contributed by atoms with Gasteiger partial charge in [-0.3, -0.25) is 0 Å². The molecule has 0 saturated carbocycles. The predicted octanol–water partition coefficient (Wildman–Crippen LogP) is 16.8. The lowest BCUT2D eigenvalue weighted by Gasteiger charge is -2.19. The van der Waals surface area contributed by atoms with Crippen LogP contribution in [0.2, 0.25) is 0 Å². The molecule has 0 saturated heterocycles. The van der Waals surface area contributed by atoms with Crippen LogP contribution in [0.1, 0.15) is 0 Å². The molecule has 0 aliphatic heterocycles. The van der Waals surface area contributed by atoms with Gasteiger partial charge in [0.15, 0.2) is 0 Å². The first kappa shape index (κ1) is 33.5. The summed E-state index contributed by atoms with van der Waals surface area (Å²) in [5, 5.41) is 15.3. The van der Waals surface area contributed by atoms with Crippen molar-refractivity contribution in [2.24, 2.45) is 0 Å². The topological polar surface area (TPSA) is 4.93 Å². The molecule has 0 N–H and O–H groups in total. The van der Waals surface area contributed by atoms with Crippen molar-refractivity contribution in [2.45, 2.75) is 0 Å². The molecular weight excluding hydrogens is 743 g/mol. The number of thiophene rings is 1. The molecule has 0 aliphatic carbocycles. The quantitative estimate of drug-likeness (QED) is 0.157. The highest BCUT2D eigenvalue weighted by Gasteiger charge is 2.22. The van der Waals surface area contributed by atoms with E-state index in [0.29, 0.717) is 0 Å². The maximum Gasteiger partial charge on any atom is 0.0619 e. The zero-order chi connectivity index (χ0) is 39.3. The fourth-order valence-electron chi connectivity index (χ4n) is 10.3. The fourth-order valence-corrected chi connectivity index (χ4v) is 11.6. The Kier molecular flexibility index (Phi) is 7.24. The molecular formula is C58H35NS. The number of para-hydroxylation sites is 2. The van der Waals surface area contributed by atoms with E-state index < -0.39 is 0 Å². The van der Waals surface area contributed by atoms with Crippen molar-refractivity contribution in [1.29, 1.82) is 0 Å². The smallest absolute Gasteiger partial charge is 0.0619 e. The highest BCUT2D eigenvalue weighted by molar-refractivity contribution is 7.26. The maximum atomic E-state index is 2.50. The SMILES string of the molecule is c1ccc(-c2c3ccccc3c(-c3cccc4c3sc3cc(-c5c6ccccc6c(-n6c7ccccc7c7ccccc76)c6ccccc56)ccc34)c3ccccc23)cc1. The van der Waals surface area contributed by atoms with E-state index in [1.54, 1.807) is 0 Å². The van der Waals surface area contributed by atoms with Gasteiger partial charge in [0.05, 0.1) is 16.7 Å². The van der Waals surface area contributed by atoms with Gasteiger partial charge in [0.2, 0.25) is 0 Å². The van der Waals surface area contributed by atoms with Gasteiger partial charge in [-0.25, -0.2) is 0 Å². The number of rotatable bonds is 4. The normalized spacial score (nSPS) is 12.0. The lowest BCUT2D eigenvalue weighted by Crippen LogP contribution is -1.99. The molecule has 0 unspecified atom stereocenters. The standard InChI is InChI=1S/C58H35NS/c1-2-17-36(18-3-1)54-41-21-4-6-23-43(41)56(44-24-7-5-22-42(44)54)50-30-16-29-49-40-34-33-37(35-53(40)60-58(49)50)55-45-25-8-10-27-47(45)57(48-28-11-9-26-46(48)55)59-51-31-14-12-19-38(51)39-20-13-15-32-52(39)59/h1-35H. The molecule has 13 rings (SSSR count). The fraction of sp³-hybridized carbons (Fsp3) is 0. The Morgan fingerprint density at radius 3 is 1.28 bits per heavy atom. The molecule has 2 aromatic heterocycles. The van der Waals surface area contributed by atoms with E-state index in [9.17, 15) is 0 Å². The van der Waals surface area contributed by atoms with Gasteiger partial charge >= 0.3 is 0 Å². The molecule has 13 aromatic rings. The highest BCUT2D eigenvalue weighted by Crippen LogP contribution is 2.49. The minimum absolute atomic E-state index is 1.22. The Morgan fingerprint density at radius 2 is 0.717 bits per heavy atom. The predicted molar refractivity (Wildman–Crippen MR) is 260 cm³/mol. The molecule has 0 radical (unpaired) electrons. The summed E-state index contributed by atoms with van der Waals surface area (Å²) in [5.41, 5.74) is 11.3. The minimum Gasteiger partial charge on any atom is -0.308 e. The number of hydrogen-bond acceptors (Lipinski definition) is 1. The number of benzene rings is 11. The Morgan fingerprint density at radius 1 is 0.283 bits per heavy atom. The van der Waals surface area contributed by atoms with Crippen molar-refractivity contribution < 1.29 is 0 Å². The number of nitrogens with zero attached hydrogens (tertiary/aromatic N) is 1. The average Bonchev–Trinajstić information content (AvgIpc) is 3.86. The Hall–Kier alpha value is -7.52. The third kappa shape index (κ3) is 4.74. The summed E-state index contributed by atoms with van der Waals surface area (Å²) in [5.74, 6) is 0. The van der Waals surface area contributed by atoms with E-state index in [1.165, 1.54) is 124 Å². The van der Waals surface area contributed by atoms with E-state index >= 15 is 0 Å². The van der Waals surface area contributed by atoms with Crippen LogP contribution < -0.4 is 0 Å². The van der Waals surface area contributed by atoms with Gasteiger partial charge in [-0.1, -0.05) is 194 Å². The van der Waals surface area contributed by atoms with Crippen LogP contribution in [0.5, 0.6) is 0 Å². The van der Waals surface area contributed by atoms with Gasteiger partial charge in [-0.2, -0.15) is 0 Å². The zero-order valence-electron chi connectivity index (χ0n) is 32.6. The van der Waals surface area contributed by atoms with Crippen molar-refractivity contribution in [1.82, 2.24) is 4.57 Å². The molecule has 0 atom stereocenters. The van der Waals surface area contributed by atoms with Gasteiger partial charge < -0.3 is 4.57 Å². The van der Waals surface area contributed by atoms with Gasteiger partial charge in [0.1, 0.15) is 0 Å². The number of aromatic nitrogens is 1. The van der Waals surface area contributed by atoms with E-state index in [-0.39, 0.29) is 0 Å². The minimum atomic E-state index is 1.22. The molecule has 0 spiro atoms. The van der Waals surface area contributed by atoms with Crippen LogP contribution in [0.3, 0.4) is 0 Å². The molecule has 2 heterocycles. The molecule has 0 amide bonds. The lowest BCUT2D eigenvalue weighted by atomic mass is 9.86. The van der Waals surface area contributed by atoms with Gasteiger partial charge in [-0.05, 0) is 78.3 Å². The number of hydrogen-bond donors (Lipinski definition) is 0. The summed E-state index contributed by atoms with van der Waals surface area (Å²) < 4.78 is 5.11. The number of fused-ring (bicyclic) bond motifs is 10. The summed E-state index contributed by atoms with van der Waals surface area (Å²) in [6, 6.07) is 78.6. The van der Waals surface area contributed by atoms with Crippen LogP contribution in [-0.2, 0) is 0 Å². The molecule has 0 fully saturated rings. The largest absolute Gasteiger partial charge is 0.308 e. The third-order valence-corrected chi connectivity index (χ3v) is 14.0. The highest BCUT2D eigenvalue weighted by atomic mass is 32.1. The first-order valence-corrected chi connectivity index (χ1v) is 21.5. The molecule has 11 aromatic carbocycles. The monoisotopic (exact) mass is 777 g/mol. The molecule has 278 valence electrons. The second-order valence-electron chi connectivity index (χ2n) is 15.9. The Labute approximate surface area is 350 Å². The zero-order valence-corrected chi connectivity index (χ0v) is 33.4.